The Morgan fingerprint density at radius 1 is 1.22 bits per heavy atom. The summed E-state index contributed by atoms with van der Waals surface area (Å²) in [4.78, 5) is 16.8. The topological polar surface area (TPSA) is 95.1 Å². The highest BCUT2D eigenvalue weighted by Crippen LogP contribution is 2.23. The van der Waals surface area contributed by atoms with Crippen LogP contribution in [0.3, 0.4) is 0 Å². The molecule has 0 aliphatic rings. The number of anilines is 1. The van der Waals surface area contributed by atoms with E-state index in [0.717, 1.165) is 5.56 Å². The van der Waals surface area contributed by atoms with E-state index in [4.69, 9.17) is 32.5 Å². The summed E-state index contributed by atoms with van der Waals surface area (Å²) in [5.74, 6) is -0.172. The van der Waals surface area contributed by atoms with Crippen molar-refractivity contribution in [1.82, 2.24) is 19.9 Å². The number of hydrogen-bond acceptors (Lipinski definition) is 6. The molecule has 0 aliphatic heterocycles. The first-order valence-electron chi connectivity index (χ1n) is 9.37. The number of hydrogen-bond donors (Lipinski definition) is 1. The summed E-state index contributed by atoms with van der Waals surface area (Å²) in [6, 6.07) is 10.9. The largest absolute Gasteiger partial charge is 0.489 e. The summed E-state index contributed by atoms with van der Waals surface area (Å²) in [5.41, 5.74) is 1.33. The Balaban J connectivity index is 1.42. The second-order valence-electron chi connectivity index (χ2n) is 6.78. The van der Waals surface area contributed by atoms with Crippen LogP contribution < -0.4 is 10.1 Å². The lowest BCUT2D eigenvalue weighted by atomic mass is 10.2. The first-order chi connectivity index (χ1) is 15.4. The molecule has 164 valence electrons. The number of ether oxygens (including phenoxy) is 1. The van der Waals surface area contributed by atoms with E-state index in [-0.39, 0.29) is 18.2 Å². The third-order valence-corrected chi connectivity index (χ3v) is 5.21. The van der Waals surface area contributed by atoms with Crippen molar-refractivity contribution in [2.45, 2.75) is 20.1 Å². The molecule has 0 spiro atoms. The van der Waals surface area contributed by atoms with E-state index in [9.17, 15) is 9.18 Å². The highest BCUT2D eigenvalue weighted by Gasteiger charge is 2.21. The third kappa shape index (κ3) is 5.06. The summed E-state index contributed by atoms with van der Waals surface area (Å²) in [5, 5.41) is 11.5. The maximum Gasteiger partial charge on any atom is 0.280 e. The summed E-state index contributed by atoms with van der Waals surface area (Å²) in [6.45, 7) is 2.01. The average molecular weight is 476 g/mol. The van der Waals surface area contributed by atoms with Gasteiger partial charge in [-0.25, -0.2) is 14.1 Å². The van der Waals surface area contributed by atoms with Crippen LogP contribution in [0.5, 0.6) is 5.75 Å². The van der Waals surface area contributed by atoms with Gasteiger partial charge >= 0.3 is 0 Å². The lowest BCUT2D eigenvalue weighted by Gasteiger charge is -2.06. The molecule has 0 saturated heterocycles. The van der Waals surface area contributed by atoms with Crippen LogP contribution in [-0.4, -0.2) is 25.8 Å². The fraction of sp³-hybridized carbons (Fsp3) is 0.143. The molecule has 2 aromatic heterocycles. The van der Waals surface area contributed by atoms with Crippen molar-refractivity contribution in [2.24, 2.45) is 0 Å². The van der Waals surface area contributed by atoms with Crippen molar-refractivity contribution in [2.75, 3.05) is 5.32 Å². The Morgan fingerprint density at radius 2 is 2.06 bits per heavy atom. The standard InChI is InChI=1S/C21H16Cl2FN5O3/c1-12-16(10-31-15-4-2-3-14(24)8-15)19(28-32-12)20(30)26-21-25-11-29(27-21)9-13-5-6-17(22)18(23)7-13/h2-8,11H,9-10H2,1H3,(H,26,27,30). The summed E-state index contributed by atoms with van der Waals surface area (Å²) >= 11 is 12.0. The lowest BCUT2D eigenvalue weighted by molar-refractivity contribution is 0.101. The van der Waals surface area contributed by atoms with Gasteiger partial charge in [0.25, 0.3) is 5.91 Å². The van der Waals surface area contributed by atoms with Crippen LogP contribution in [0.4, 0.5) is 10.3 Å². The smallest absolute Gasteiger partial charge is 0.280 e. The number of rotatable bonds is 7. The van der Waals surface area contributed by atoms with Crippen LogP contribution in [0.15, 0.2) is 53.3 Å². The van der Waals surface area contributed by atoms with E-state index in [0.29, 0.717) is 33.7 Å². The highest BCUT2D eigenvalue weighted by molar-refractivity contribution is 6.42. The maximum absolute atomic E-state index is 13.3. The molecule has 32 heavy (non-hydrogen) atoms. The normalized spacial score (nSPS) is 10.9. The molecule has 1 N–H and O–H groups in total. The van der Waals surface area contributed by atoms with Crippen LogP contribution in [0.25, 0.3) is 0 Å². The zero-order chi connectivity index (χ0) is 22.7. The van der Waals surface area contributed by atoms with Gasteiger partial charge in [-0.3, -0.25) is 10.1 Å². The number of amides is 1. The number of aromatic nitrogens is 4. The van der Waals surface area contributed by atoms with Gasteiger partial charge in [-0.1, -0.05) is 40.5 Å². The van der Waals surface area contributed by atoms with Crippen LogP contribution in [0.1, 0.15) is 27.4 Å². The molecule has 2 aromatic carbocycles. The molecule has 0 radical (unpaired) electrons. The number of aryl methyl sites for hydroxylation is 1. The fourth-order valence-corrected chi connectivity index (χ4v) is 3.19. The molecular weight excluding hydrogens is 460 g/mol. The van der Waals surface area contributed by atoms with Gasteiger partial charge in [0.2, 0.25) is 5.95 Å². The Morgan fingerprint density at radius 3 is 2.84 bits per heavy atom. The van der Waals surface area contributed by atoms with Gasteiger partial charge in [-0.15, -0.1) is 5.10 Å². The Labute approximate surface area is 191 Å². The number of benzene rings is 2. The monoisotopic (exact) mass is 475 g/mol. The van der Waals surface area contributed by atoms with E-state index in [1.165, 1.54) is 29.2 Å². The van der Waals surface area contributed by atoms with Crippen LogP contribution >= 0.6 is 23.2 Å². The minimum Gasteiger partial charge on any atom is -0.489 e. The molecule has 4 rings (SSSR count). The van der Waals surface area contributed by atoms with Crippen molar-refractivity contribution < 1.29 is 18.4 Å². The van der Waals surface area contributed by atoms with E-state index >= 15 is 0 Å². The summed E-state index contributed by atoms with van der Waals surface area (Å²) < 4.78 is 25.6. The molecule has 11 heteroatoms. The van der Waals surface area contributed by atoms with Crippen LogP contribution in [-0.2, 0) is 13.2 Å². The zero-order valence-corrected chi connectivity index (χ0v) is 18.2. The number of halogens is 3. The molecule has 0 fully saturated rings. The molecular formula is C21H16Cl2FN5O3. The minimum atomic E-state index is -0.563. The van der Waals surface area contributed by atoms with Gasteiger partial charge in [0.1, 0.15) is 30.3 Å². The predicted octanol–water partition coefficient (Wildman–Crippen LogP) is 4.90. The average Bonchev–Trinajstić information content (AvgIpc) is 3.35. The van der Waals surface area contributed by atoms with Gasteiger partial charge in [-0.2, -0.15) is 0 Å². The van der Waals surface area contributed by atoms with Gasteiger partial charge in [0.15, 0.2) is 5.69 Å². The molecule has 8 nitrogen and oxygen atoms in total. The van der Waals surface area contributed by atoms with E-state index in [1.54, 1.807) is 25.1 Å². The first-order valence-corrected chi connectivity index (χ1v) is 10.1. The van der Waals surface area contributed by atoms with Crippen molar-refractivity contribution >= 4 is 35.1 Å². The molecule has 0 aliphatic carbocycles. The number of nitrogens with zero attached hydrogens (tertiary/aromatic N) is 4. The fourth-order valence-electron chi connectivity index (χ4n) is 2.87. The third-order valence-electron chi connectivity index (χ3n) is 4.47. The van der Waals surface area contributed by atoms with Crippen molar-refractivity contribution in [3.8, 4) is 5.75 Å². The highest BCUT2D eigenvalue weighted by atomic mass is 35.5. The predicted molar refractivity (Wildman–Crippen MR) is 116 cm³/mol. The quantitative estimate of drug-likeness (QED) is 0.408. The Bertz CT molecular complexity index is 1270. The second-order valence-corrected chi connectivity index (χ2v) is 7.59. The zero-order valence-electron chi connectivity index (χ0n) is 16.7. The minimum absolute atomic E-state index is 0.0270. The van der Waals surface area contributed by atoms with Crippen molar-refractivity contribution in [3.05, 3.63) is 87.2 Å². The molecule has 0 bridgehead atoms. The molecule has 4 aromatic rings. The molecule has 2 heterocycles. The molecule has 0 atom stereocenters. The molecule has 0 unspecified atom stereocenters. The molecule has 0 saturated carbocycles. The van der Waals surface area contributed by atoms with E-state index in [1.807, 2.05) is 6.07 Å². The van der Waals surface area contributed by atoms with E-state index < -0.39 is 11.7 Å². The van der Waals surface area contributed by atoms with Crippen LogP contribution in [0.2, 0.25) is 10.0 Å². The van der Waals surface area contributed by atoms with Gasteiger partial charge < -0.3 is 9.26 Å². The Kier molecular flexibility index (Phi) is 6.38. The van der Waals surface area contributed by atoms with Crippen molar-refractivity contribution in [3.63, 3.8) is 0 Å². The van der Waals surface area contributed by atoms with Crippen molar-refractivity contribution in [1.29, 1.82) is 0 Å². The number of carbonyl (C=O) groups is 1. The number of carbonyl (C=O) groups excluding carboxylic acids is 1. The lowest BCUT2D eigenvalue weighted by Crippen LogP contribution is -2.16. The first kappa shape index (κ1) is 21.8. The van der Waals surface area contributed by atoms with E-state index in [2.05, 4.69) is 20.6 Å². The Hall–Kier alpha value is -3.43. The summed E-state index contributed by atoms with van der Waals surface area (Å²) in [6.07, 6.45) is 1.47. The van der Waals surface area contributed by atoms with Gasteiger partial charge in [0.05, 0.1) is 22.2 Å². The van der Waals surface area contributed by atoms with Gasteiger partial charge in [-0.05, 0) is 36.8 Å². The molecule has 1 amide bonds. The number of nitrogens with one attached hydrogen (secondary N) is 1. The van der Waals surface area contributed by atoms with Gasteiger partial charge in [0, 0.05) is 6.07 Å². The SMILES string of the molecule is Cc1onc(C(=O)Nc2ncn(Cc3ccc(Cl)c(Cl)c3)n2)c1COc1cccc(F)c1. The maximum atomic E-state index is 13.3. The second kappa shape index (κ2) is 9.37. The summed E-state index contributed by atoms with van der Waals surface area (Å²) in [7, 11) is 0. The van der Waals surface area contributed by atoms with Crippen LogP contribution in [0, 0.1) is 12.7 Å².